The molecular formula is C12H20N4O. The molecule has 0 aromatic carbocycles. The molecule has 5 heteroatoms. The van der Waals surface area contributed by atoms with Crippen LogP contribution < -0.4 is 5.32 Å². The van der Waals surface area contributed by atoms with Gasteiger partial charge < -0.3 is 10.2 Å². The third-order valence-corrected chi connectivity index (χ3v) is 3.09. The standard InChI is InChI=1S/C12H20N4O/c1-15-10-11(9-14-15)5-6-13-12(17)16-7-3-2-4-8-16/h9-10H,2-8H2,1H3,(H,13,17). The Morgan fingerprint density at radius 2 is 2.18 bits per heavy atom. The minimum Gasteiger partial charge on any atom is -0.338 e. The Morgan fingerprint density at radius 1 is 1.41 bits per heavy atom. The summed E-state index contributed by atoms with van der Waals surface area (Å²) >= 11 is 0. The molecule has 1 aliphatic heterocycles. The van der Waals surface area contributed by atoms with E-state index in [1.807, 2.05) is 24.3 Å². The van der Waals surface area contributed by atoms with E-state index >= 15 is 0 Å². The molecule has 17 heavy (non-hydrogen) atoms. The van der Waals surface area contributed by atoms with E-state index < -0.39 is 0 Å². The Bertz CT molecular complexity index is 368. The van der Waals surface area contributed by atoms with Gasteiger partial charge in [-0.15, -0.1) is 0 Å². The van der Waals surface area contributed by atoms with Crippen LogP contribution in [0.15, 0.2) is 12.4 Å². The van der Waals surface area contributed by atoms with Crippen molar-refractivity contribution in [2.45, 2.75) is 25.7 Å². The van der Waals surface area contributed by atoms with Crippen LogP contribution in [0.4, 0.5) is 4.79 Å². The average molecular weight is 236 g/mol. The molecule has 0 radical (unpaired) electrons. The second-order valence-corrected chi connectivity index (χ2v) is 4.55. The number of likely N-dealkylation sites (tertiary alicyclic amines) is 1. The van der Waals surface area contributed by atoms with Gasteiger partial charge in [0.25, 0.3) is 0 Å². The molecule has 0 spiro atoms. The highest BCUT2D eigenvalue weighted by atomic mass is 16.2. The van der Waals surface area contributed by atoms with Crippen molar-refractivity contribution in [2.24, 2.45) is 7.05 Å². The number of hydrogen-bond donors (Lipinski definition) is 1. The summed E-state index contributed by atoms with van der Waals surface area (Å²) in [4.78, 5) is 13.7. The second kappa shape index (κ2) is 5.70. The molecule has 0 bridgehead atoms. The van der Waals surface area contributed by atoms with Crippen LogP contribution in [0.5, 0.6) is 0 Å². The summed E-state index contributed by atoms with van der Waals surface area (Å²) in [5.74, 6) is 0. The number of hydrogen-bond acceptors (Lipinski definition) is 2. The van der Waals surface area contributed by atoms with E-state index in [0.717, 1.165) is 37.9 Å². The Balaban J connectivity index is 1.69. The zero-order valence-electron chi connectivity index (χ0n) is 10.4. The Labute approximate surface area is 102 Å². The summed E-state index contributed by atoms with van der Waals surface area (Å²) < 4.78 is 1.78. The predicted octanol–water partition coefficient (Wildman–Crippen LogP) is 1.16. The van der Waals surface area contributed by atoms with Gasteiger partial charge in [-0.1, -0.05) is 0 Å². The number of aromatic nitrogens is 2. The van der Waals surface area contributed by atoms with E-state index in [2.05, 4.69) is 10.4 Å². The van der Waals surface area contributed by atoms with Gasteiger partial charge in [-0.3, -0.25) is 4.68 Å². The molecule has 2 heterocycles. The zero-order valence-corrected chi connectivity index (χ0v) is 10.4. The fraction of sp³-hybridized carbons (Fsp3) is 0.667. The van der Waals surface area contributed by atoms with E-state index in [-0.39, 0.29) is 6.03 Å². The molecule has 1 fully saturated rings. The summed E-state index contributed by atoms with van der Waals surface area (Å²) in [6, 6.07) is 0.0774. The normalized spacial score (nSPS) is 15.9. The lowest BCUT2D eigenvalue weighted by Crippen LogP contribution is -2.43. The molecule has 1 N–H and O–H groups in total. The van der Waals surface area contributed by atoms with E-state index in [0.29, 0.717) is 6.54 Å². The number of nitrogens with one attached hydrogen (secondary N) is 1. The van der Waals surface area contributed by atoms with E-state index in [4.69, 9.17) is 0 Å². The Morgan fingerprint density at radius 3 is 2.82 bits per heavy atom. The van der Waals surface area contributed by atoms with Crippen LogP contribution in [0, 0.1) is 0 Å². The lowest BCUT2D eigenvalue weighted by atomic mass is 10.1. The molecule has 0 atom stereocenters. The molecule has 0 aliphatic carbocycles. The van der Waals surface area contributed by atoms with Crippen LogP contribution in [0.2, 0.25) is 0 Å². The molecule has 94 valence electrons. The first-order chi connectivity index (χ1) is 8.25. The molecule has 2 amide bonds. The third-order valence-electron chi connectivity index (χ3n) is 3.09. The molecule has 2 rings (SSSR count). The van der Waals surface area contributed by atoms with Crippen molar-refractivity contribution >= 4 is 6.03 Å². The van der Waals surface area contributed by atoms with Gasteiger partial charge >= 0.3 is 6.03 Å². The van der Waals surface area contributed by atoms with Crippen LogP contribution >= 0.6 is 0 Å². The lowest BCUT2D eigenvalue weighted by Gasteiger charge is -2.26. The fourth-order valence-corrected chi connectivity index (χ4v) is 2.12. The van der Waals surface area contributed by atoms with Crippen molar-refractivity contribution in [3.63, 3.8) is 0 Å². The average Bonchev–Trinajstić information content (AvgIpc) is 2.76. The predicted molar refractivity (Wildman–Crippen MR) is 65.7 cm³/mol. The van der Waals surface area contributed by atoms with Crippen molar-refractivity contribution in [3.05, 3.63) is 18.0 Å². The monoisotopic (exact) mass is 236 g/mol. The maximum absolute atomic E-state index is 11.8. The Kier molecular flexibility index (Phi) is 4.01. The quantitative estimate of drug-likeness (QED) is 0.856. The van der Waals surface area contributed by atoms with Crippen LogP contribution in [0.1, 0.15) is 24.8 Å². The molecule has 0 saturated carbocycles. The molecule has 0 unspecified atom stereocenters. The van der Waals surface area contributed by atoms with Gasteiger partial charge in [0.05, 0.1) is 6.20 Å². The maximum Gasteiger partial charge on any atom is 0.317 e. The summed E-state index contributed by atoms with van der Waals surface area (Å²) in [7, 11) is 1.90. The summed E-state index contributed by atoms with van der Waals surface area (Å²) in [5.41, 5.74) is 1.16. The van der Waals surface area contributed by atoms with Crippen molar-refractivity contribution < 1.29 is 4.79 Å². The number of carbonyl (C=O) groups is 1. The van der Waals surface area contributed by atoms with Gasteiger partial charge in [0.15, 0.2) is 0 Å². The number of aryl methyl sites for hydroxylation is 1. The van der Waals surface area contributed by atoms with Gasteiger partial charge in [-0.2, -0.15) is 5.10 Å². The minimum atomic E-state index is 0.0774. The number of carbonyl (C=O) groups excluding carboxylic acids is 1. The number of piperidine rings is 1. The first-order valence-corrected chi connectivity index (χ1v) is 6.26. The second-order valence-electron chi connectivity index (χ2n) is 4.55. The van der Waals surface area contributed by atoms with Crippen molar-refractivity contribution in [1.29, 1.82) is 0 Å². The lowest BCUT2D eigenvalue weighted by molar-refractivity contribution is 0.186. The summed E-state index contributed by atoms with van der Waals surface area (Å²) in [6.07, 6.45) is 8.18. The van der Waals surface area contributed by atoms with Crippen LogP contribution in [-0.2, 0) is 13.5 Å². The zero-order chi connectivity index (χ0) is 12.1. The largest absolute Gasteiger partial charge is 0.338 e. The number of nitrogens with zero attached hydrogens (tertiary/aromatic N) is 3. The van der Waals surface area contributed by atoms with E-state index in [1.54, 1.807) is 4.68 Å². The number of rotatable bonds is 3. The SMILES string of the molecule is Cn1cc(CCNC(=O)N2CCCCC2)cn1. The fourth-order valence-electron chi connectivity index (χ4n) is 2.12. The maximum atomic E-state index is 11.8. The highest BCUT2D eigenvalue weighted by Crippen LogP contribution is 2.08. The minimum absolute atomic E-state index is 0.0774. The van der Waals surface area contributed by atoms with E-state index in [1.165, 1.54) is 6.42 Å². The van der Waals surface area contributed by atoms with Crippen molar-refractivity contribution in [2.75, 3.05) is 19.6 Å². The first-order valence-electron chi connectivity index (χ1n) is 6.26. The molecule has 1 aromatic rings. The van der Waals surface area contributed by atoms with Gasteiger partial charge in [0.1, 0.15) is 0 Å². The van der Waals surface area contributed by atoms with Gasteiger partial charge in [-0.25, -0.2) is 4.79 Å². The molecule has 1 aliphatic rings. The topological polar surface area (TPSA) is 50.2 Å². The molecule has 1 aromatic heterocycles. The van der Waals surface area contributed by atoms with Crippen molar-refractivity contribution in [3.8, 4) is 0 Å². The molecule has 1 saturated heterocycles. The number of urea groups is 1. The van der Waals surface area contributed by atoms with Crippen LogP contribution in [0.3, 0.4) is 0 Å². The van der Waals surface area contributed by atoms with Crippen molar-refractivity contribution in [1.82, 2.24) is 20.0 Å². The van der Waals surface area contributed by atoms with Gasteiger partial charge in [0.2, 0.25) is 0 Å². The highest BCUT2D eigenvalue weighted by molar-refractivity contribution is 5.74. The highest BCUT2D eigenvalue weighted by Gasteiger charge is 2.15. The van der Waals surface area contributed by atoms with Crippen LogP contribution in [0.25, 0.3) is 0 Å². The van der Waals surface area contributed by atoms with Gasteiger partial charge in [-0.05, 0) is 31.2 Å². The summed E-state index contributed by atoms with van der Waals surface area (Å²) in [5, 5.41) is 7.06. The smallest absolute Gasteiger partial charge is 0.317 e. The van der Waals surface area contributed by atoms with Gasteiger partial charge in [0, 0.05) is 32.9 Å². The molecule has 5 nitrogen and oxygen atoms in total. The first kappa shape index (κ1) is 12.0. The number of amides is 2. The Hall–Kier alpha value is -1.52. The third kappa shape index (κ3) is 3.47. The van der Waals surface area contributed by atoms with Crippen LogP contribution in [-0.4, -0.2) is 40.3 Å². The summed E-state index contributed by atoms with van der Waals surface area (Å²) in [6.45, 7) is 2.48. The molecular weight excluding hydrogens is 216 g/mol. The van der Waals surface area contributed by atoms with E-state index in [9.17, 15) is 4.79 Å².